The second kappa shape index (κ2) is 9.21. The van der Waals surface area contributed by atoms with E-state index in [0.29, 0.717) is 34.3 Å². The van der Waals surface area contributed by atoms with Gasteiger partial charge < -0.3 is 21.5 Å². The van der Waals surface area contributed by atoms with Gasteiger partial charge in [-0.3, -0.25) is 5.32 Å². The third-order valence-electron chi connectivity index (χ3n) is 4.63. The van der Waals surface area contributed by atoms with Crippen LogP contribution < -0.4 is 26.8 Å². The summed E-state index contributed by atoms with van der Waals surface area (Å²) in [7, 11) is 0. The monoisotopic (exact) mass is 424 g/mol. The molecule has 6 N–H and O–H groups in total. The number of halogens is 1. The first-order valence-corrected chi connectivity index (χ1v) is 9.79. The van der Waals surface area contributed by atoms with Crippen molar-refractivity contribution in [3.63, 3.8) is 0 Å². The standard InChI is InChI=1S/C20H21ClN8O/c1-2-3-4-7-30-14-6-5-11(21)8-12(14)17-15-16(24)13(9-22)18(25)28-19(15)29-20(27-17)26-10-23/h5-6,8,17H,2-4,7H2,1H3,(H6,24,25,26,27,28,29). The van der Waals surface area contributed by atoms with Gasteiger partial charge in [-0.05, 0) is 24.6 Å². The first-order valence-electron chi connectivity index (χ1n) is 9.41. The number of benzene rings is 1. The van der Waals surface area contributed by atoms with Crippen molar-refractivity contribution in [2.45, 2.75) is 32.2 Å². The maximum atomic E-state index is 9.45. The molecule has 30 heavy (non-hydrogen) atoms. The van der Waals surface area contributed by atoms with Gasteiger partial charge in [0.05, 0.1) is 12.3 Å². The fraction of sp³-hybridized carbons (Fsp3) is 0.300. The second-order valence-electron chi connectivity index (χ2n) is 6.64. The van der Waals surface area contributed by atoms with Crippen LogP contribution >= 0.6 is 11.6 Å². The van der Waals surface area contributed by atoms with Crippen LogP contribution in [0.25, 0.3) is 0 Å². The molecule has 1 aromatic heterocycles. The summed E-state index contributed by atoms with van der Waals surface area (Å²) in [4.78, 5) is 8.81. The van der Waals surface area contributed by atoms with Gasteiger partial charge in [0.25, 0.3) is 0 Å². The summed E-state index contributed by atoms with van der Waals surface area (Å²) in [5, 5.41) is 24.3. The minimum atomic E-state index is -0.711. The molecule has 3 rings (SSSR count). The van der Waals surface area contributed by atoms with E-state index in [0.717, 1.165) is 19.3 Å². The SMILES string of the molecule is CCCCCOc1ccc(Cl)cc1C1N=C(NC#N)Nc2nc(N)c(C#N)c(N)c21. The van der Waals surface area contributed by atoms with Crippen LogP contribution in [0.15, 0.2) is 23.2 Å². The molecule has 10 heteroatoms. The lowest BCUT2D eigenvalue weighted by atomic mass is 9.94. The number of aromatic nitrogens is 1. The van der Waals surface area contributed by atoms with Crippen LogP contribution in [0.2, 0.25) is 5.02 Å². The number of anilines is 3. The van der Waals surface area contributed by atoms with Gasteiger partial charge >= 0.3 is 0 Å². The van der Waals surface area contributed by atoms with Gasteiger partial charge in [0, 0.05) is 16.1 Å². The topological polar surface area (TPSA) is 158 Å². The number of rotatable bonds is 6. The predicted octanol–water partition coefficient (Wildman–Crippen LogP) is 3.28. The van der Waals surface area contributed by atoms with Crippen LogP contribution in [0.1, 0.15) is 48.9 Å². The van der Waals surface area contributed by atoms with Crippen LogP contribution in [0.5, 0.6) is 5.75 Å². The van der Waals surface area contributed by atoms with Gasteiger partial charge in [0.2, 0.25) is 5.96 Å². The van der Waals surface area contributed by atoms with E-state index in [1.807, 2.05) is 12.3 Å². The Morgan fingerprint density at radius 1 is 1.30 bits per heavy atom. The van der Waals surface area contributed by atoms with Crippen molar-refractivity contribution in [2.75, 3.05) is 23.4 Å². The fourth-order valence-corrected chi connectivity index (χ4v) is 3.39. The third kappa shape index (κ3) is 4.17. The Morgan fingerprint density at radius 2 is 2.10 bits per heavy atom. The quantitative estimate of drug-likeness (QED) is 0.312. The maximum absolute atomic E-state index is 9.45. The normalized spacial score (nSPS) is 14.5. The van der Waals surface area contributed by atoms with Crippen LogP contribution in [-0.2, 0) is 0 Å². The lowest BCUT2D eigenvalue weighted by Gasteiger charge is -2.27. The number of fused-ring (bicyclic) bond motifs is 1. The maximum Gasteiger partial charge on any atom is 0.211 e. The number of hydrogen-bond acceptors (Lipinski definition) is 9. The molecule has 0 spiro atoms. The second-order valence-corrected chi connectivity index (χ2v) is 7.08. The van der Waals surface area contributed by atoms with E-state index in [1.165, 1.54) is 0 Å². The number of pyridine rings is 1. The Balaban J connectivity index is 2.14. The first-order chi connectivity index (χ1) is 14.5. The van der Waals surface area contributed by atoms with Gasteiger partial charge in [0.1, 0.15) is 35.1 Å². The molecule has 1 aliphatic rings. The largest absolute Gasteiger partial charge is 0.493 e. The van der Waals surface area contributed by atoms with Crippen LogP contribution in [0.3, 0.4) is 0 Å². The molecular weight excluding hydrogens is 404 g/mol. The van der Waals surface area contributed by atoms with E-state index in [9.17, 15) is 5.26 Å². The number of hydrogen-bond donors (Lipinski definition) is 4. The first kappa shape index (κ1) is 21.0. The summed E-state index contributed by atoms with van der Waals surface area (Å²) in [6.07, 6.45) is 4.86. The summed E-state index contributed by atoms with van der Waals surface area (Å²) in [5.41, 5.74) is 13.5. The lowest BCUT2D eigenvalue weighted by Crippen LogP contribution is -2.33. The minimum absolute atomic E-state index is 0.0136. The summed E-state index contributed by atoms with van der Waals surface area (Å²) >= 11 is 6.26. The Morgan fingerprint density at radius 3 is 2.80 bits per heavy atom. The highest BCUT2D eigenvalue weighted by Gasteiger charge is 2.31. The van der Waals surface area contributed by atoms with E-state index < -0.39 is 6.04 Å². The van der Waals surface area contributed by atoms with Crippen molar-refractivity contribution < 1.29 is 4.74 Å². The lowest BCUT2D eigenvalue weighted by molar-refractivity contribution is 0.302. The third-order valence-corrected chi connectivity index (χ3v) is 4.86. The van der Waals surface area contributed by atoms with Crippen LogP contribution in [0, 0.1) is 22.8 Å². The molecule has 9 nitrogen and oxygen atoms in total. The molecule has 1 unspecified atom stereocenters. The van der Waals surface area contributed by atoms with Gasteiger partial charge in [-0.2, -0.15) is 10.5 Å². The molecule has 0 fully saturated rings. The zero-order valence-corrected chi connectivity index (χ0v) is 17.1. The predicted molar refractivity (Wildman–Crippen MR) is 116 cm³/mol. The Hall–Kier alpha value is -3.69. The molecule has 154 valence electrons. The molecule has 0 saturated carbocycles. The number of aliphatic imine (C=N–C) groups is 1. The Kier molecular flexibility index (Phi) is 6.45. The zero-order chi connectivity index (χ0) is 21.7. The van der Waals surface area contributed by atoms with E-state index in [-0.39, 0.29) is 23.0 Å². The molecule has 1 atom stereocenters. The van der Waals surface area contributed by atoms with Gasteiger partial charge in [-0.15, -0.1) is 0 Å². The molecule has 0 saturated heterocycles. The molecular formula is C20H21ClN8O. The van der Waals surface area contributed by atoms with Crippen LogP contribution in [0.4, 0.5) is 17.3 Å². The number of ether oxygens (including phenoxy) is 1. The van der Waals surface area contributed by atoms with Crippen molar-refractivity contribution in [1.29, 1.82) is 10.5 Å². The number of guanidine groups is 1. The van der Waals surface area contributed by atoms with Crippen molar-refractivity contribution >= 4 is 34.9 Å². The smallest absolute Gasteiger partial charge is 0.211 e. The number of unbranched alkanes of at least 4 members (excludes halogenated alkanes) is 2. The fourth-order valence-electron chi connectivity index (χ4n) is 3.20. The summed E-state index contributed by atoms with van der Waals surface area (Å²) in [6.45, 7) is 2.65. The van der Waals surface area contributed by atoms with Crippen molar-refractivity contribution in [1.82, 2.24) is 10.3 Å². The van der Waals surface area contributed by atoms with Gasteiger partial charge in [-0.25, -0.2) is 9.98 Å². The molecule has 1 aromatic carbocycles. The number of nitriles is 2. The average molecular weight is 425 g/mol. The van der Waals surface area contributed by atoms with E-state index in [1.54, 1.807) is 18.2 Å². The molecule has 2 heterocycles. The van der Waals surface area contributed by atoms with E-state index in [2.05, 4.69) is 27.5 Å². The number of nitrogen functional groups attached to an aromatic ring is 2. The highest BCUT2D eigenvalue weighted by atomic mass is 35.5. The minimum Gasteiger partial charge on any atom is -0.493 e. The van der Waals surface area contributed by atoms with Gasteiger partial charge in [-0.1, -0.05) is 31.4 Å². The van der Waals surface area contributed by atoms with E-state index >= 15 is 0 Å². The molecule has 0 radical (unpaired) electrons. The number of nitrogens with zero attached hydrogens (tertiary/aromatic N) is 4. The molecule has 0 amide bonds. The zero-order valence-electron chi connectivity index (χ0n) is 16.4. The molecule has 2 aromatic rings. The number of nitrogens with one attached hydrogen (secondary N) is 2. The van der Waals surface area contributed by atoms with Crippen LogP contribution in [-0.4, -0.2) is 17.6 Å². The van der Waals surface area contributed by atoms with Crippen molar-refractivity contribution in [2.24, 2.45) is 4.99 Å². The molecule has 0 bridgehead atoms. The van der Waals surface area contributed by atoms with Gasteiger partial charge in [0.15, 0.2) is 6.19 Å². The Bertz CT molecular complexity index is 1070. The van der Waals surface area contributed by atoms with Crippen molar-refractivity contribution in [3.05, 3.63) is 39.9 Å². The van der Waals surface area contributed by atoms with Crippen molar-refractivity contribution in [3.8, 4) is 18.0 Å². The summed E-state index contributed by atoms with van der Waals surface area (Å²) < 4.78 is 5.99. The average Bonchev–Trinajstić information content (AvgIpc) is 2.72. The highest BCUT2D eigenvalue weighted by molar-refractivity contribution is 6.30. The Labute approximate surface area is 179 Å². The van der Waals surface area contributed by atoms with E-state index in [4.69, 9.17) is 33.1 Å². The molecule has 0 aliphatic carbocycles. The summed E-state index contributed by atoms with van der Waals surface area (Å²) in [5.74, 6) is 1.05. The summed E-state index contributed by atoms with van der Waals surface area (Å²) in [6, 6.07) is 6.50. The number of nitrogens with two attached hydrogens (primary N) is 2. The highest BCUT2D eigenvalue weighted by Crippen LogP contribution is 2.43. The molecule has 1 aliphatic heterocycles.